The van der Waals surface area contributed by atoms with E-state index >= 15 is 0 Å². The summed E-state index contributed by atoms with van der Waals surface area (Å²) < 4.78 is 16.4. The van der Waals surface area contributed by atoms with Crippen LogP contribution in [0.2, 0.25) is 0 Å². The first-order valence-corrected chi connectivity index (χ1v) is 21.6. The van der Waals surface area contributed by atoms with E-state index in [-0.39, 0.29) is 101 Å². The Morgan fingerprint density at radius 2 is 1.58 bits per heavy atom. The molecule has 19 heteroatoms. The van der Waals surface area contributed by atoms with Gasteiger partial charge in [0.05, 0.1) is 45.4 Å². The summed E-state index contributed by atoms with van der Waals surface area (Å²) in [7, 11) is 4.27. The van der Waals surface area contributed by atoms with E-state index < -0.39 is 17.9 Å². The smallest absolute Gasteiger partial charge is 0.255 e. The zero-order chi connectivity index (χ0) is 44.1. The Bertz CT molecular complexity index is 2080. The fourth-order valence-corrected chi connectivity index (χ4v) is 7.97. The highest BCUT2D eigenvalue weighted by Crippen LogP contribution is 2.32. The normalized spacial score (nSPS) is 17.2. The van der Waals surface area contributed by atoms with Crippen LogP contribution in [0, 0.1) is 0 Å². The maximum Gasteiger partial charge on any atom is 0.255 e. The average molecular weight is 874 g/mol. The lowest BCUT2D eigenvalue weighted by molar-refractivity contribution is -0.137. The molecule has 0 saturated carbocycles. The molecule has 1 unspecified atom stereocenters. The monoisotopic (exact) mass is 873 g/mol. The second-order valence-electron chi connectivity index (χ2n) is 15.7. The molecule has 332 valence electrons. The Labute approximate surface area is 365 Å². The first-order chi connectivity index (χ1) is 29.9. The van der Waals surface area contributed by atoms with Crippen LogP contribution in [-0.4, -0.2) is 140 Å². The van der Waals surface area contributed by atoms with Crippen molar-refractivity contribution in [1.82, 2.24) is 30.4 Å². The van der Waals surface area contributed by atoms with E-state index in [1.54, 1.807) is 30.5 Å². The van der Waals surface area contributed by atoms with Crippen molar-refractivity contribution in [2.24, 2.45) is 0 Å². The Morgan fingerprint density at radius 1 is 0.871 bits per heavy atom. The van der Waals surface area contributed by atoms with Crippen LogP contribution in [0.3, 0.4) is 0 Å². The van der Waals surface area contributed by atoms with Crippen LogP contribution >= 0.6 is 11.8 Å². The largest absolute Gasteiger partial charge is 0.377 e. The van der Waals surface area contributed by atoms with E-state index in [0.717, 1.165) is 47.2 Å². The average Bonchev–Trinajstić information content (AvgIpc) is 3.57. The molecule has 2 aromatic carbocycles. The van der Waals surface area contributed by atoms with Gasteiger partial charge >= 0.3 is 0 Å². The Balaban J connectivity index is 0.761. The number of benzene rings is 2. The molecule has 2 fully saturated rings. The molecule has 3 aliphatic rings. The van der Waals surface area contributed by atoms with E-state index in [1.807, 2.05) is 24.4 Å². The van der Waals surface area contributed by atoms with E-state index in [2.05, 4.69) is 62.1 Å². The standard InChI is InChI=1S/C43H55N9O9S/c1-43(50(2)3)13-16-51(17-14-43)35-25-46-40(26-45-35)62-32-6-4-5-30(23-32)47-37(54)12-11-36(53)44-15-18-59-19-20-60-21-22-61-28-39(56)48-31-8-7-29-27-52(42(58)33(29)24-31)34-9-10-38(55)49-41(34)57/h4-8,23-26,34H,9-22,27-28H2,1-3H3,(H,44,53)(H,47,54)(H,48,56)(H,49,55,57). The first kappa shape index (κ1) is 46.0. The Kier molecular flexibility index (Phi) is 16.4. The van der Waals surface area contributed by atoms with Gasteiger partial charge in [0.2, 0.25) is 29.5 Å². The third kappa shape index (κ3) is 13.0. The highest BCUT2D eigenvalue weighted by atomic mass is 32.2. The third-order valence-corrected chi connectivity index (χ3v) is 12.0. The molecule has 18 nitrogen and oxygen atoms in total. The number of nitrogens with one attached hydrogen (secondary N) is 4. The summed E-state index contributed by atoms with van der Waals surface area (Å²) in [5.41, 5.74) is 2.39. The van der Waals surface area contributed by atoms with Gasteiger partial charge in [-0.3, -0.25) is 34.1 Å². The maximum atomic E-state index is 13.0. The lowest BCUT2D eigenvalue weighted by Crippen LogP contribution is -2.52. The van der Waals surface area contributed by atoms with E-state index in [9.17, 15) is 28.8 Å². The molecule has 2 saturated heterocycles. The lowest BCUT2D eigenvalue weighted by atomic mass is 9.88. The van der Waals surface area contributed by atoms with Crippen LogP contribution in [0.25, 0.3) is 0 Å². The van der Waals surface area contributed by atoms with Gasteiger partial charge in [0.25, 0.3) is 5.91 Å². The summed E-state index contributed by atoms with van der Waals surface area (Å²) in [4.78, 5) is 90.3. The molecule has 1 atom stereocenters. The lowest BCUT2D eigenvalue weighted by Gasteiger charge is -2.44. The predicted molar refractivity (Wildman–Crippen MR) is 231 cm³/mol. The van der Waals surface area contributed by atoms with Gasteiger partial charge in [-0.1, -0.05) is 23.9 Å². The van der Waals surface area contributed by atoms with Crippen molar-refractivity contribution >= 4 is 64.4 Å². The molecule has 4 N–H and O–H groups in total. The number of rotatable bonds is 21. The molecular weight excluding hydrogens is 819 g/mol. The minimum atomic E-state index is -0.710. The van der Waals surface area contributed by atoms with Gasteiger partial charge in [-0.2, -0.15) is 0 Å². The molecule has 0 radical (unpaired) electrons. The molecule has 6 amide bonds. The van der Waals surface area contributed by atoms with Crippen molar-refractivity contribution in [2.75, 3.05) is 88.9 Å². The molecule has 0 spiro atoms. The van der Waals surface area contributed by atoms with Gasteiger partial charge in [-0.15, -0.1) is 0 Å². The van der Waals surface area contributed by atoms with Gasteiger partial charge in [0.15, 0.2) is 0 Å². The number of fused-ring (bicyclic) bond motifs is 1. The first-order valence-electron chi connectivity index (χ1n) is 20.8. The van der Waals surface area contributed by atoms with Crippen molar-refractivity contribution in [3.05, 3.63) is 66.0 Å². The quantitative estimate of drug-likeness (QED) is 0.0896. The number of amides is 6. The van der Waals surface area contributed by atoms with E-state index in [1.165, 1.54) is 16.7 Å². The molecule has 0 aliphatic carbocycles. The van der Waals surface area contributed by atoms with Crippen LogP contribution in [0.1, 0.15) is 61.4 Å². The molecule has 0 bridgehead atoms. The van der Waals surface area contributed by atoms with Gasteiger partial charge in [0, 0.05) is 72.8 Å². The molecule has 3 aliphatic heterocycles. The predicted octanol–water partition coefficient (Wildman–Crippen LogP) is 2.83. The Morgan fingerprint density at radius 3 is 2.31 bits per heavy atom. The summed E-state index contributed by atoms with van der Waals surface area (Å²) in [6.45, 7) is 5.75. The fraction of sp³-hybridized carbons (Fsp3) is 0.488. The van der Waals surface area contributed by atoms with Crippen LogP contribution in [-0.2, 0) is 44.7 Å². The number of ether oxygens (including phenoxy) is 3. The van der Waals surface area contributed by atoms with Crippen molar-refractivity contribution in [1.29, 1.82) is 0 Å². The number of carbonyl (C=O) groups is 6. The Hall–Kier alpha value is -5.47. The fourth-order valence-electron chi connectivity index (χ4n) is 7.18. The zero-order valence-electron chi connectivity index (χ0n) is 35.4. The van der Waals surface area contributed by atoms with Gasteiger partial charge < -0.3 is 44.9 Å². The second-order valence-corrected chi connectivity index (χ2v) is 16.8. The molecule has 62 heavy (non-hydrogen) atoms. The number of hydrogen-bond acceptors (Lipinski definition) is 14. The molecular formula is C43H55N9O9S. The number of aromatic nitrogens is 2. The zero-order valence-corrected chi connectivity index (χ0v) is 36.2. The van der Waals surface area contributed by atoms with E-state index in [4.69, 9.17) is 14.2 Å². The summed E-state index contributed by atoms with van der Waals surface area (Å²) >= 11 is 1.46. The maximum absolute atomic E-state index is 13.0. The summed E-state index contributed by atoms with van der Waals surface area (Å²) in [6.07, 6.45) is 6.23. The topological polar surface area (TPSA) is 214 Å². The third-order valence-electron chi connectivity index (χ3n) is 11.1. The molecule has 6 rings (SSSR count). The summed E-state index contributed by atoms with van der Waals surface area (Å²) in [5, 5.41) is 11.3. The van der Waals surface area contributed by atoms with Gasteiger partial charge in [-0.25, -0.2) is 9.97 Å². The van der Waals surface area contributed by atoms with Crippen molar-refractivity contribution < 1.29 is 43.0 Å². The van der Waals surface area contributed by atoms with Crippen LogP contribution in [0.15, 0.2) is 64.8 Å². The van der Waals surface area contributed by atoms with Crippen molar-refractivity contribution in [2.45, 2.75) is 73.5 Å². The second kappa shape index (κ2) is 22.1. The molecule has 1 aromatic heterocycles. The minimum absolute atomic E-state index is 0.0286. The van der Waals surface area contributed by atoms with Gasteiger partial charge in [0.1, 0.15) is 23.5 Å². The highest BCUT2D eigenvalue weighted by molar-refractivity contribution is 7.99. The molecule has 3 aromatic rings. The van der Waals surface area contributed by atoms with Crippen LogP contribution in [0.4, 0.5) is 17.2 Å². The molecule has 4 heterocycles. The van der Waals surface area contributed by atoms with E-state index in [0.29, 0.717) is 23.5 Å². The number of hydrogen-bond donors (Lipinski definition) is 4. The summed E-state index contributed by atoms with van der Waals surface area (Å²) in [6, 6.07) is 11.7. The minimum Gasteiger partial charge on any atom is -0.377 e. The number of carbonyl (C=O) groups excluding carboxylic acids is 6. The van der Waals surface area contributed by atoms with Crippen LogP contribution in [0.5, 0.6) is 0 Å². The SMILES string of the molecule is CN(C)C1(C)CCN(c2cnc(Sc3cccc(NC(=O)CCC(=O)NCCOCCOCCOCC(=O)Nc4ccc5c(c4)C(=O)N(C4CCC(=O)NC4=O)C5)c3)cn2)CC1. The number of imide groups is 1. The van der Waals surface area contributed by atoms with Crippen molar-refractivity contribution in [3.8, 4) is 0 Å². The van der Waals surface area contributed by atoms with Crippen molar-refractivity contribution in [3.63, 3.8) is 0 Å². The number of piperidine rings is 2. The number of anilines is 3. The van der Waals surface area contributed by atoms with Gasteiger partial charge in [-0.05, 0) is 76.2 Å². The summed E-state index contributed by atoms with van der Waals surface area (Å²) in [5.74, 6) is -1.21. The number of nitrogens with zero attached hydrogens (tertiary/aromatic N) is 5. The van der Waals surface area contributed by atoms with Crippen LogP contribution < -0.4 is 26.2 Å². The highest BCUT2D eigenvalue weighted by Gasteiger charge is 2.39.